The Labute approximate surface area is 113 Å². The van der Waals surface area contributed by atoms with Crippen LogP contribution in [0.5, 0.6) is 0 Å². The van der Waals surface area contributed by atoms with Crippen molar-refractivity contribution in [2.45, 2.75) is 78.6 Å². The van der Waals surface area contributed by atoms with E-state index in [1.807, 2.05) is 0 Å². The van der Waals surface area contributed by atoms with Gasteiger partial charge in [-0.15, -0.1) is 0 Å². The SMILES string of the molecule is CC(C)C[SiH](O[SiH](CC(C)C)C(C)C)C(C)C. The number of hydrogen-bond acceptors (Lipinski definition) is 1. The lowest BCUT2D eigenvalue weighted by Gasteiger charge is -2.30. The van der Waals surface area contributed by atoms with Gasteiger partial charge < -0.3 is 4.12 Å². The molecule has 17 heavy (non-hydrogen) atoms. The Kier molecular flexibility index (Phi) is 8.68. The maximum atomic E-state index is 6.67. The van der Waals surface area contributed by atoms with Crippen molar-refractivity contribution in [2.75, 3.05) is 0 Å². The second kappa shape index (κ2) is 8.49. The lowest BCUT2D eigenvalue weighted by atomic mass is 10.3. The maximum Gasteiger partial charge on any atom is 0.165 e. The van der Waals surface area contributed by atoms with E-state index < -0.39 is 18.1 Å². The molecule has 0 heterocycles. The predicted octanol–water partition coefficient (Wildman–Crippen LogP) is 4.58. The van der Waals surface area contributed by atoms with Gasteiger partial charge in [0.2, 0.25) is 0 Å². The Hall–Kier alpha value is 0.394. The topological polar surface area (TPSA) is 9.23 Å². The van der Waals surface area contributed by atoms with Gasteiger partial charge in [-0.05, 0) is 35.0 Å². The fourth-order valence-corrected chi connectivity index (χ4v) is 10.3. The summed E-state index contributed by atoms with van der Waals surface area (Å²) in [5.74, 6) is 1.60. The van der Waals surface area contributed by atoms with Gasteiger partial charge in [0.15, 0.2) is 18.1 Å². The lowest BCUT2D eigenvalue weighted by molar-refractivity contribution is 0.512. The first-order valence-corrected chi connectivity index (χ1v) is 11.3. The molecule has 1 nitrogen and oxygen atoms in total. The zero-order valence-electron chi connectivity index (χ0n) is 13.3. The van der Waals surface area contributed by atoms with Gasteiger partial charge in [-0.3, -0.25) is 0 Å². The van der Waals surface area contributed by atoms with Crippen molar-refractivity contribution >= 4 is 18.1 Å². The van der Waals surface area contributed by atoms with Crippen molar-refractivity contribution in [3.05, 3.63) is 0 Å². The molecule has 0 rings (SSSR count). The Morgan fingerprint density at radius 2 is 0.941 bits per heavy atom. The van der Waals surface area contributed by atoms with E-state index in [0.717, 1.165) is 22.9 Å². The molecule has 2 unspecified atom stereocenters. The van der Waals surface area contributed by atoms with E-state index in [0.29, 0.717) is 0 Å². The molecule has 0 aliphatic carbocycles. The standard InChI is InChI=1S/C14H34OSi2/c1-11(2)9-16(13(5)6)15-17(14(7)8)10-12(3)4/h11-14,16-17H,9-10H2,1-8H3. The highest BCUT2D eigenvalue weighted by atomic mass is 28.4. The van der Waals surface area contributed by atoms with Crippen LogP contribution in [0, 0.1) is 11.8 Å². The van der Waals surface area contributed by atoms with Gasteiger partial charge in [0.25, 0.3) is 0 Å². The predicted molar refractivity (Wildman–Crippen MR) is 84.9 cm³/mol. The van der Waals surface area contributed by atoms with Crippen LogP contribution < -0.4 is 0 Å². The molecule has 0 aromatic rings. The smallest absolute Gasteiger partial charge is 0.165 e. The van der Waals surface area contributed by atoms with Crippen molar-refractivity contribution in [3.63, 3.8) is 0 Å². The van der Waals surface area contributed by atoms with Crippen LogP contribution in [-0.2, 0) is 4.12 Å². The largest absolute Gasteiger partial charge is 0.459 e. The number of hydrogen-bond donors (Lipinski definition) is 0. The van der Waals surface area contributed by atoms with Crippen LogP contribution in [0.4, 0.5) is 0 Å². The Morgan fingerprint density at radius 1 is 0.647 bits per heavy atom. The molecule has 0 aromatic carbocycles. The summed E-state index contributed by atoms with van der Waals surface area (Å²) in [4.78, 5) is 0. The molecule has 0 saturated carbocycles. The van der Waals surface area contributed by atoms with Crippen LogP contribution in [0.3, 0.4) is 0 Å². The van der Waals surface area contributed by atoms with Crippen LogP contribution in [0.25, 0.3) is 0 Å². The summed E-state index contributed by atoms with van der Waals surface area (Å²) >= 11 is 0. The summed E-state index contributed by atoms with van der Waals surface area (Å²) in [6, 6.07) is 2.71. The third-order valence-electron chi connectivity index (χ3n) is 3.24. The minimum atomic E-state index is -0.976. The molecule has 0 spiro atoms. The van der Waals surface area contributed by atoms with Gasteiger partial charge in [-0.25, -0.2) is 0 Å². The van der Waals surface area contributed by atoms with Crippen LogP contribution in [-0.4, -0.2) is 18.1 Å². The molecule has 3 heteroatoms. The molecule has 0 aliphatic heterocycles. The minimum Gasteiger partial charge on any atom is -0.459 e. The molecule has 0 radical (unpaired) electrons. The third-order valence-corrected chi connectivity index (χ3v) is 11.8. The first-order chi connectivity index (χ1) is 7.73. The molecular formula is C14H34OSi2. The zero-order chi connectivity index (χ0) is 13.6. The summed E-state index contributed by atoms with van der Waals surface area (Å²) in [6.07, 6.45) is 0. The zero-order valence-corrected chi connectivity index (χ0v) is 15.6. The maximum absolute atomic E-state index is 6.67. The average molecular weight is 275 g/mol. The van der Waals surface area contributed by atoms with Crippen LogP contribution in [0.2, 0.25) is 23.2 Å². The van der Waals surface area contributed by atoms with Crippen molar-refractivity contribution in [2.24, 2.45) is 11.8 Å². The van der Waals surface area contributed by atoms with Gasteiger partial charge in [0.05, 0.1) is 0 Å². The average Bonchev–Trinajstić information content (AvgIpc) is 2.13. The highest BCUT2D eigenvalue weighted by Gasteiger charge is 2.26. The van der Waals surface area contributed by atoms with E-state index in [9.17, 15) is 0 Å². The van der Waals surface area contributed by atoms with E-state index in [-0.39, 0.29) is 0 Å². The molecule has 0 N–H and O–H groups in total. The first-order valence-electron chi connectivity index (χ1n) is 7.39. The third kappa shape index (κ3) is 8.17. The Balaban J connectivity index is 4.45. The highest BCUT2D eigenvalue weighted by Crippen LogP contribution is 2.25. The molecule has 0 saturated heterocycles. The Morgan fingerprint density at radius 3 is 1.12 bits per heavy atom. The molecule has 0 bridgehead atoms. The van der Waals surface area contributed by atoms with Crippen LogP contribution in [0.1, 0.15) is 55.4 Å². The van der Waals surface area contributed by atoms with E-state index in [4.69, 9.17) is 4.12 Å². The Bertz CT molecular complexity index is 171. The van der Waals surface area contributed by atoms with Gasteiger partial charge in [0.1, 0.15) is 0 Å². The fourth-order valence-electron chi connectivity index (χ4n) is 2.12. The molecule has 0 fully saturated rings. The van der Waals surface area contributed by atoms with Crippen LogP contribution >= 0.6 is 0 Å². The van der Waals surface area contributed by atoms with E-state index in [1.54, 1.807) is 0 Å². The number of rotatable bonds is 8. The van der Waals surface area contributed by atoms with Crippen LogP contribution in [0.15, 0.2) is 0 Å². The molecule has 0 aromatic heterocycles. The highest BCUT2D eigenvalue weighted by molar-refractivity contribution is 6.67. The second-order valence-corrected chi connectivity index (χ2v) is 13.8. The van der Waals surface area contributed by atoms with E-state index in [1.165, 1.54) is 12.1 Å². The quantitative estimate of drug-likeness (QED) is 0.589. The first kappa shape index (κ1) is 17.4. The molecule has 0 aliphatic rings. The summed E-state index contributed by atoms with van der Waals surface area (Å²) in [5, 5.41) is 0. The monoisotopic (exact) mass is 274 g/mol. The molecule has 2 atom stereocenters. The van der Waals surface area contributed by atoms with E-state index >= 15 is 0 Å². The molecular weight excluding hydrogens is 240 g/mol. The van der Waals surface area contributed by atoms with Gasteiger partial charge in [0, 0.05) is 0 Å². The summed E-state index contributed by atoms with van der Waals surface area (Å²) in [5.41, 5.74) is 1.58. The van der Waals surface area contributed by atoms with Gasteiger partial charge in [-0.2, -0.15) is 0 Å². The summed E-state index contributed by atoms with van der Waals surface area (Å²) in [6.45, 7) is 18.8. The molecule has 0 amide bonds. The van der Waals surface area contributed by atoms with Crippen molar-refractivity contribution in [3.8, 4) is 0 Å². The minimum absolute atomic E-state index is 0.790. The summed E-state index contributed by atoms with van der Waals surface area (Å²) < 4.78 is 6.67. The van der Waals surface area contributed by atoms with Gasteiger partial charge in [-0.1, -0.05) is 55.4 Å². The normalized spacial score (nSPS) is 16.2. The summed E-state index contributed by atoms with van der Waals surface area (Å²) in [7, 11) is -1.95. The van der Waals surface area contributed by atoms with Gasteiger partial charge >= 0.3 is 0 Å². The second-order valence-electron chi connectivity index (χ2n) is 6.96. The fraction of sp³-hybridized carbons (Fsp3) is 1.00. The molecule has 104 valence electrons. The van der Waals surface area contributed by atoms with Crippen molar-refractivity contribution in [1.82, 2.24) is 0 Å². The lowest BCUT2D eigenvalue weighted by Crippen LogP contribution is -2.35. The van der Waals surface area contributed by atoms with Crippen molar-refractivity contribution < 1.29 is 4.12 Å². The van der Waals surface area contributed by atoms with Crippen molar-refractivity contribution in [1.29, 1.82) is 0 Å². The van der Waals surface area contributed by atoms with E-state index in [2.05, 4.69) is 55.4 Å².